The van der Waals surface area contributed by atoms with Crippen LogP contribution in [0.25, 0.3) is 0 Å². The molecule has 2 aromatic rings. The van der Waals surface area contributed by atoms with E-state index in [1.165, 1.54) is 31.4 Å². The molecule has 0 saturated heterocycles. The number of carbonyl (C=O) groups excluding carboxylic acids is 2. The van der Waals surface area contributed by atoms with Gasteiger partial charge < -0.3 is 10.1 Å². The van der Waals surface area contributed by atoms with Crippen LogP contribution in [0.2, 0.25) is 0 Å². The highest BCUT2D eigenvalue weighted by molar-refractivity contribution is 7.92. The van der Waals surface area contributed by atoms with E-state index in [0.717, 1.165) is 16.1 Å². The molecule has 0 aliphatic carbocycles. The predicted molar refractivity (Wildman–Crippen MR) is 109 cm³/mol. The monoisotopic (exact) mass is 404 g/mol. The van der Waals surface area contributed by atoms with Gasteiger partial charge in [0.05, 0.1) is 24.6 Å². The van der Waals surface area contributed by atoms with E-state index in [2.05, 4.69) is 23.9 Å². The van der Waals surface area contributed by atoms with Gasteiger partial charge in [-0.05, 0) is 47.9 Å². The predicted octanol–water partition coefficient (Wildman–Crippen LogP) is 3.00. The van der Waals surface area contributed by atoms with Gasteiger partial charge in [0, 0.05) is 5.69 Å². The first-order valence-corrected chi connectivity index (χ1v) is 10.5. The minimum Gasteiger partial charge on any atom is -0.465 e. The Hall–Kier alpha value is -2.87. The molecule has 1 amide bonds. The third kappa shape index (κ3) is 5.56. The topological polar surface area (TPSA) is 92.8 Å². The van der Waals surface area contributed by atoms with Gasteiger partial charge in [0.15, 0.2) is 0 Å². The zero-order valence-electron chi connectivity index (χ0n) is 16.3. The Morgan fingerprint density at radius 2 is 1.61 bits per heavy atom. The lowest BCUT2D eigenvalue weighted by Gasteiger charge is -2.22. The number of anilines is 2. The van der Waals surface area contributed by atoms with Gasteiger partial charge in [0.1, 0.15) is 6.54 Å². The third-order valence-corrected chi connectivity index (χ3v) is 5.27. The van der Waals surface area contributed by atoms with Crippen molar-refractivity contribution in [3.63, 3.8) is 0 Å². The highest BCUT2D eigenvalue weighted by Gasteiger charge is 2.21. The summed E-state index contributed by atoms with van der Waals surface area (Å²) in [5.74, 6) is -0.627. The Morgan fingerprint density at radius 1 is 1.04 bits per heavy atom. The number of rotatable bonds is 7. The fourth-order valence-corrected chi connectivity index (χ4v) is 3.42. The Balaban J connectivity index is 2.16. The van der Waals surface area contributed by atoms with Gasteiger partial charge in [0.25, 0.3) is 0 Å². The van der Waals surface area contributed by atoms with E-state index >= 15 is 0 Å². The van der Waals surface area contributed by atoms with E-state index in [0.29, 0.717) is 11.6 Å². The lowest BCUT2D eigenvalue weighted by Crippen LogP contribution is -2.37. The summed E-state index contributed by atoms with van der Waals surface area (Å²) in [5.41, 5.74) is 2.29. The summed E-state index contributed by atoms with van der Waals surface area (Å²) in [5, 5.41) is 2.70. The minimum absolute atomic E-state index is 0.278. The van der Waals surface area contributed by atoms with Crippen molar-refractivity contribution in [2.24, 2.45) is 0 Å². The zero-order chi connectivity index (χ0) is 20.9. The molecule has 0 radical (unpaired) electrons. The summed E-state index contributed by atoms with van der Waals surface area (Å²) in [4.78, 5) is 23.9. The lowest BCUT2D eigenvalue weighted by atomic mass is 10.0. The van der Waals surface area contributed by atoms with Crippen LogP contribution >= 0.6 is 0 Å². The molecule has 2 rings (SSSR count). The molecule has 2 aromatic carbocycles. The molecule has 28 heavy (non-hydrogen) atoms. The van der Waals surface area contributed by atoms with Gasteiger partial charge in [-0.3, -0.25) is 9.10 Å². The summed E-state index contributed by atoms with van der Waals surface area (Å²) < 4.78 is 29.9. The van der Waals surface area contributed by atoms with Crippen molar-refractivity contribution in [3.8, 4) is 0 Å². The Kier molecular flexibility index (Phi) is 6.80. The maximum atomic E-state index is 12.4. The number of hydrogen-bond acceptors (Lipinski definition) is 5. The summed E-state index contributed by atoms with van der Waals surface area (Å²) in [6.45, 7) is 3.76. The van der Waals surface area contributed by atoms with Crippen LogP contribution in [0.3, 0.4) is 0 Å². The summed E-state index contributed by atoms with van der Waals surface area (Å²) in [6, 6.07) is 13.2. The van der Waals surface area contributed by atoms with Crippen LogP contribution in [-0.4, -0.2) is 40.2 Å². The van der Waals surface area contributed by atoms with Crippen molar-refractivity contribution in [3.05, 3.63) is 59.7 Å². The van der Waals surface area contributed by atoms with Crippen molar-refractivity contribution in [1.82, 2.24) is 0 Å². The number of sulfonamides is 1. The molecule has 0 atom stereocenters. The van der Waals surface area contributed by atoms with Gasteiger partial charge in [-0.15, -0.1) is 0 Å². The fraction of sp³-hybridized carbons (Fsp3) is 0.300. The molecule has 1 N–H and O–H groups in total. The van der Waals surface area contributed by atoms with E-state index in [9.17, 15) is 18.0 Å². The third-order valence-electron chi connectivity index (χ3n) is 4.13. The van der Waals surface area contributed by atoms with E-state index in [-0.39, 0.29) is 17.8 Å². The molecule has 0 spiro atoms. The number of carbonyl (C=O) groups is 2. The van der Waals surface area contributed by atoms with E-state index in [1.807, 2.05) is 12.1 Å². The first-order chi connectivity index (χ1) is 13.1. The average molecular weight is 404 g/mol. The summed E-state index contributed by atoms with van der Waals surface area (Å²) in [6.07, 6.45) is 1.02. The van der Waals surface area contributed by atoms with Gasteiger partial charge in [-0.1, -0.05) is 26.0 Å². The van der Waals surface area contributed by atoms with Crippen molar-refractivity contribution < 1.29 is 22.7 Å². The SMILES string of the molecule is COC(=O)c1ccc(N(CC(=O)Nc2ccc(C(C)C)cc2)S(C)(=O)=O)cc1. The van der Waals surface area contributed by atoms with E-state index in [4.69, 9.17) is 0 Å². The first-order valence-electron chi connectivity index (χ1n) is 8.67. The van der Waals surface area contributed by atoms with E-state index in [1.54, 1.807) is 12.1 Å². The highest BCUT2D eigenvalue weighted by atomic mass is 32.2. The van der Waals surface area contributed by atoms with Crippen molar-refractivity contribution in [2.45, 2.75) is 19.8 Å². The second kappa shape index (κ2) is 8.88. The van der Waals surface area contributed by atoms with E-state index < -0.39 is 21.9 Å². The van der Waals surface area contributed by atoms with Crippen molar-refractivity contribution in [1.29, 1.82) is 0 Å². The summed E-state index contributed by atoms with van der Waals surface area (Å²) >= 11 is 0. The number of esters is 1. The van der Waals surface area contributed by atoms with Crippen molar-refractivity contribution >= 4 is 33.3 Å². The second-order valence-corrected chi connectivity index (χ2v) is 8.54. The van der Waals surface area contributed by atoms with Gasteiger partial charge in [0.2, 0.25) is 15.9 Å². The molecule has 0 fully saturated rings. The normalized spacial score (nSPS) is 11.2. The molecule has 0 aliphatic rings. The van der Waals surface area contributed by atoms with Crippen molar-refractivity contribution in [2.75, 3.05) is 29.5 Å². The largest absolute Gasteiger partial charge is 0.465 e. The highest BCUT2D eigenvalue weighted by Crippen LogP contribution is 2.20. The summed E-state index contributed by atoms with van der Waals surface area (Å²) in [7, 11) is -2.44. The molecule has 0 aliphatic heterocycles. The van der Waals surface area contributed by atoms with Crippen LogP contribution < -0.4 is 9.62 Å². The molecule has 0 aromatic heterocycles. The number of methoxy groups -OCH3 is 1. The second-order valence-electron chi connectivity index (χ2n) is 6.63. The molecule has 0 heterocycles. The molecule has 0 saturated carbocycles. The smallest absolute Gasteiger partial charge is 0.337 e. The lowest BCUT2D eigenvalue weighted by molar-refractivity contribution is -0.114. The minimum atomic E-state index is -3.71. The van der Waals surface area contributed by atoms with Crippen LogP contribution in [0.1, 0.15) is 35.7 Å². The molecule has 8 heteroatoms. The number of amides is 1. The van der Waals surface area contributed by atoms with Gasteiger partial charge in [-0.25, -0.2) is 13.2 Å². The molecular formula is C20H24N2O5S. The number of nitrogens with one attached hydrogen (secondary N) is 1. The molecule has 0 bridgehead atoms. The van der Waals surface area contributed by atoms with Crippen LogP contribution in [0, 0.1) is 0 Å². The van der Waals surface area contributed by atoms with Gasteiger partial charge in [-0.2, -0.15) is 0 Å². The average Bonchev–Trinajstić information content (AvgIpc) is 2.65. The first kappa shape index (κ1) is 21.4. The Bertz CT molecular complexity index is 936. The quantitative estimate of drug-likeness (QED) is 0.716. The molecule has 7 nitrogen and oxygen atoms in total. The van der Waals surface area contributed by atoms with Crippen LogP contribution in [0.15, 0.2) is 48.5 Å². The standard InChI is InChI=1S/C20H24N2O5S/c1-14(2)15-5-9-17(10-6-15)21-19(23)13-22(28(4,25)26)18-11-7-16(8-12-18)20(24)27-3/h5-12,14H,13H2,1-4H3,(H,21,23). The maximum Gasteiger partial charge on any atom is 0.337 e. The maximum absolute atomic E-state index is 12.4. The fourth-order valence-electron chi connectivity index (χ4n) is 2.56. The Labute approximate surface area is 165 Å². The number of benzene rings is 2. The van der Waals surface area contributed by atoms with Crippen LogP contribution in [-0.2, 0) is 19.6 Å². The Morgan fingerprint density at radius 3 is 2.07 bits per heavy atom. The number of hydrogen-bond donors (Lipinski definition) is 1. The molecular weight excluding hydrogens is 380 g/mol. The van der Waals surface area contributed by atoms with Crippen LogP contribution in [0.4, 0.5) is 11.4 Å². The molecule has 0 unspecified atom stereocenters. The van der Waals surface area contributed by atoms with Gasteiger partial charge >= 0.3 is 5.97 Å². The molecule has 150 valence electrons. The number of nitrogens with zero attached hydrogens (tertiary/aromatic N) is 1. The zero-order valence-corrected chi connectivity index (χ0v) is 17.1. The number of ether oxygens (including phenoxy) is 1. The van der Waals surface area contributed by atoms with Crippen LogP contribution in [0.5, 0.6) is 0 Å².